The molecule has 0 spiro atoms. The molecule has 0 aromatic heterocycles. The molecular formula is C17H30N2O. The molecule has 2 N–H and O–H groups in total. The van der Waals surface area contributed by atoms with Gasteiger partial charge in [-0.05, 0) is 50.9 Å². The van der Waals surface area contributed by atoms with Gasteiger partial charge in [0.05, 0.1) is 13.2 Å². The van der Waals surface area contributed by atoms with Crippen molar-refractivity contribution in [3.05, 3.63) is 29.8 Å². The summed E-state index contributed by atoms with van der Waals surface area (Å²) in [6.45, 7) is 9.92. The van der Waals surface area contributed by atoms with E-state index in [2.05, 4.69) is 44.7 Å². The third-order valence-electron chi connectivity index (χ3n) is 3.81. The van der Waals surface area contributed by atoms with Crippen LogP contribution in [-0.4, -0.2) is 30.6 Å². The lowest BCUT2D eigenvalue weighted by Gasteiger charge is -2.38. The van der Waals surface area contributed by atoms with E-state index in [4.69, 9.17) is 10.5 Å². The fourth-order valence-corrected chi connectivity index (χ4v) is 2.71. The van der Waals surface area contributed by atoms with Crippen LogP contribution >= 0.6 is 0 Å². The molecule has 0 bridgehead atoms. The van der Waals surface area contributed by atoms with Gasteiger partial charge in [-0.25, -0.2) is 0 Å². The van der Waals surface area contributed by atoms with Crippen molar-refractivity contribution in [1.82, 2.24) is 4.90 Å². The standard InChI is InChI=1S/C17H30N2O/c1-6-11-19(13(3)4)17(16(18)7-2)14-9-8-10-15(12-14)20-5/h8-10,12-13,16-17H,6-7,11,18H2,1-5H3. The van der Waals surface area contributed by atoms with Crippen LogP contribution in [-0.2, 0) is 0 Å². The highest BCUT2D eigenvalue weighted by Crippen LogP contribution is 2.29. The SMILES string of the molecule is CCCN(C(C)C)C(c1cccc(OC)c1)C(N)CC. The highest BCUT2D eigenvalue weighted by atomic mass is 16.5. The molecule has 1 aromatic carbocycles. The second kappa shape index (κ2) is 8.28. The highest BCUT2D eigenvalue weighted by molar-refractivity contribution is 5.31. The van der Waals surface area contributed by atoms with E-state index in [1.807, 2.05) is 12.1 Å². The Balaban J connectivity index is 3.15. The van der Waals surface area contributed by atoms with Crippen LogP contribution in [0.4, 0.5) is 0 Å². The first-order valence-corrected chi connectivity index (χ1v) is 7.70. The zero-order chi connectivity index (χ0) is 15.1. The fraction of sp³-hybridized carbons (Fsp3) is 0.647. The summed E-state index contributed by atoms with van der Waals surface area (Å²) in [7, 11) is 1.71. The maximum Gasteiger partial charge on any atom is 0.119 e. The highest BCUT2D eigenvalue weighted by Gasteiger charge is 2.27. The van der Waals surface area contributed by atoms with Gasteiger partial charge in [-0.1, -0.05) is 26.0 Å². The first-order chi connectivity index (χ1) is 9.54. The van der Waals surface area contributed by atoms with Crippen molar-refractivity contribution in [2.24, 2.45) is 5.73 Å². The molecule has 2 unspecified atom stereocenters. The predicted molar refractivity (Wildman–Crippen MR) is 86.1 cm³/mol. The molecule has 0 aliphatic heterocycles. The first-order valence-electron chi connectivity index (χ1n) is 7.70. The van der Waals surface area contributed by atoms with Gasteiger partial charge < -0.3 is 10.5 Å². The summed E-state index contributed by atoms with van der Waals surface area (Å²) in [6, 6.07) is 9.17. The molecule has 0 fully saturated rings. The molecule has 0 saturated heterocycles. The lowest BCUT2D eigenvalue weighted by Crippen LogP contribution is -2.44. The molecule has 3 nitrogen and oxygen atoms in total. The monoisotopic (exact) mass is 278 g/mol. The Labute approximate surface area is 124 Å². The van der Waals surface area contributed by atoms with Crippen molar-refractivity contribution in [3.63, 3.8) is 0 Å². The van der Waals surface area contributed by atoms with Crippen LogP contribution in [0.15, 0.2) is 24.3 Å². The largest absolute Gasteiger partial charge is 0.497 e. The minimum Gasteiger partial charge on any atom is -0.497 e. The third-order valence-corrected chi connectivity index (χ3v) is 3.81. The minimum atomic E-state index is 0.135. The number of nitrogens with two attached hydrogens (primary N) is 1. The molecular weight excluding hydrogens is 248 g/mol. The van der Waals surface area contributed by atoms with Crippen LogP contribution in [0.1, 0.15) is 52.1 Å². The smallest absolute Gasteiger partial charge is 0.119 e. The quantitative estimate of drug-likeness (QED) is 0.789. The summed E-state index contributed by atoms with van der Waals surface area (Å²) in [4.78, 5) is 2.50. The predicted octanol–water partition coefficient (Wildman–Crippen LogP) is 3.59. The molecule has 1 rings (SSSR count). The molecule has 0 amide bonds. The number of nitrogens with zero attached hydrogens (tertiary/aromatic N) is 1. The Bertz CT molecular complexity index is 392. The maximum absolute atomic E-state index is 6.43. The van der Waals surface area contributed by atoms with E-state index in [1.165, 1.54) is 5.56 Å². The third kappa shape index (κ3) is 4.22. The molecule has 0 radical (unpaired) electrons. The Hall–Kier alpha value is -1.06. The lowest BCUT2D eigenvalue weighted by atomic mass is 9.94. The Morgan fingerprint density at radius 3 is 2.45 bits per heavy atom. The van der Waals surface area contributed by atoms with E-state index >= 15 is 0 Å². The Morgan fingerprint density at radius 2 is 1.95 bits per heavy atom. The van der Waals surface area contributed by atoms with Gasteiger partial charge in [0, 0.05) is 12.1 Å². The minimum absolute atomic E-state index is 0.135. The van der Waals surface area contributed by atoms with Crippen molar-refractivity contribution in [1.29, 1.82) is 0 Å². The van der Waals surface area contributed by atoms with Crippen LogP contribution in [0, 0.1) is 0 Å². The molecule has 0 aliphatic rings. The summed E-state index contributed by atoms with van der Waals surface area (Å²) in [5, 5.41) is 0. The van der Waals surface area contributed by atoms with Gasteiger partial charge in [-0.15, -0.1) is 0 Å². The number of hydrogen-bond donors (Lipinski definition) is 1. The van der Waals surface area contributed by atoms with Gasteiger partial charge in [0.1, 0.15) is 5.75 Å². The average Bonchev–Trinajstić information content (AvgIpc) is 2.46. The number of ether oxygens (including phenoxy) is 1. The van der Waals surface area contributed by atoms with Gasteiger partial charge in [-0.2, -0.15) is 0 Å². The zero-order valence-electron chi connectivity index (χ0n) is 13.6. The van der Waals surface area contributed by atoms with E-state index in [-0.39, 0.29) is 12.1 Å². The number of benzene rings is 1. The summed E-state index contributed by atoms with van der Waals surface area (Å²) < 4.78 is 5.36. The van der Waals surface area contributed by atoms with Crippen molar-refractivity contribution in [2.75, 3.05) is 13.7 Å². The summed E-state index contributed by atoms with van der Waals surface area (Å²) in [6.07, 6.45) is 2.10. The molecule has 0 saturated carbocycles. The lowest BCUT2D eigenvalue weighted by molar-refractivity contribution is 0.130. The molecule has 2 atom stereocenters. The molecule has 114 valence electrons. The number of hydrogen-bond acceptors (Lipinski definition) is 3. The van der Waals surface area contributed by atoms with E-state index in [0.717, 1.165) is 25.1 Å². The van der Waals surface area contributed by atoms with Gasteiger partial charge >= 0.3 is 0 Å². The van der Waals surface area contributed by atoms with Crippen molar-refractivity contribution in [2.45, 2.75) is 58.7 Å². The van der Waals surface area contributed by atoms with Crippen LogP contribution in [0.25, 0.3) is 0 Å². The molecule has 0 heterocycles. The van der Waals surface area contributed by atoms with Crippen LogP contribution in [0.3, 0.4) is 0 Å². The molecule has 0 aliphatic carbocycles. The molecule has 1 aromatic rings. The average molecular weight is 278 g/mol. The maximum atomic E-state index is 6.43. The topological polar surface area (TPSA) is 38.5 Å². The van der Waals surface area contributed by atoms with Gasteiger partial charge in [0.25, 0.3) is 0 Å². The van der Waals surface area contributed by atoms with Gasteiger partial charge in [-0.3, -0.25) is 4.90 Å². The van der Waals surface area contributed by atoms with Crippen LogP contribution < -0.4 is 10.5 Å². The summed E-state index contributed by atoms with van der Waals surface area (Å²) >= 11 is 0. The van der Waals surface area contributed by atoms with Gasteiger partial charge in [0.15, 0.2) is 0 Å². The second-order valence-corrected chi connectivity index (χ2v) is 5.63. The van der Waals surface area contributed by atoms with E-state index in [0.29, 0.717) is 6.04 Å². The Kier molecular flexibility index (Phi) is 7.03. The van der Waals surface area contributed by atoms with Crippen molar-refractivity contribution < 1.29 is 4.74 Å². The number of rotatable bonds is 8. The van der Waals surface area contributed by atoms with Crippen molar-refractivity contribution >= 4 is 0 Å². The van der Waals surface area contributed by atoms with E-state index in [9.17, 15) is 0 Å². The number of methoxy groups -OCH3 is 1. The van der Waals surface area contributed by atoms with E-state index in [1.54, 1.807) is 7.11 Å². The van der Waals surface area contributed by atoms with Gasteiger partial charge in [0.2, 0.25) is 0 Å². The fourth-order valence-electron chi connectivity index (χ4n) is 2.71. The van der Waals surface area contributed by atoms with Crippen LogP contribution in [0.2, 0.25) is 0 Å². The zero-order valence-corrected chi connectivity index (χ0v) is 13.6. The first kappa shape index (κ1) is 17.0. The second-order valence-electron chi connectivity index (χ2n) is 5.63. The van der Waals surface area contributed by atoms with Crippen molar-refractivity contribution in [3.8, 4) is 5.75 Å². The summed E-state index contributed by atoms with van der Waals surface area (Å²) in [5.41, 5.74) is 7.68. The Morgan fingerprint density at radius 1 is 1.25 bits per heavy atom. The van der Waals surface area contributed by atoms with E-state index < -0.39 is 0 Å². The van der Waals surface area contributed by atoms with Crippen LogP contribution in [0.5, 0.6) is 5.75 Å². The molecule has 3 heteroatoms. The molecule has 20 heavy (non-hydrogen) atoms. The summed E-state index contributed by atoms with van der Waals surface area (Å²) in [5.74, 6) is 0.899. The normalized spacial score (nSPS) is 14.6.